The molecule has 1 aliphatic heterocycles. The Morgan fingerprint density at radius 3 is 2.29 bits per heavy atom. The zero-order valence-electron chi connectivity index (χ0n) is 16.3. The monoisotopic (exact) mass is 400 g/mol. The minimum absolute atomic E-state index is 0.0126. The fourth-order valence-electron chi connectivity index (χ4n) is 3.48. The Bertz CT molecular complexity index is 874. The molecule has 1 saturated heterocycles. The molecule has 0 aromatic heterocycles. The SMILES string of the molecule is CC(CC(=O)NCc1ccc(S(=O)(=O)N2CCCCC2)cc1)c1ccccc1. The summed E-state index contributed by atoms with van der Waals surface area (Å²) in [5.41, 5.74) is 2.03. The van der Waals surface area contributed by atoms with E-state index >= 15 is 0 Å². The van der Waals surface area contributed by atoms with Gasteiger partial charge in [0.25, 0.3) is 0 Å². The van der Waals surface area contributed by atoms with Gasteiger partial charge < -0.3 is 5.32 Å². The van der Waals surface area contributed by atoms with E-state index in [1.54, 1.807) is 28.6 Å². The summed E-state index contributed by atoms with van der Waals surface area (Å²) in [5, 5.41) is 2.92. The molecule has 5 nitrogen and oxygen atoms in total. The maximum absolute atomic E-state index is 12.7. The lowest BCUT2D eigenvalue weighted by Crippen LogP contribution is -2.35. The standard InChI is InChI=1S/C22H28N2O3S/c1-18(20-8-4-2-5-9-20)16-22(25)23-17-19-10-12-21(13-11-19)28(26,27)24-14-6-3-7-15-24/h2,4-5,8-13,18H,3,6-7,14-17H2,1H3,(H,23,25). The summed E-state index contributed by atoms with van der Waals surface area (Å²) in [7, 11) is -3.41. The molecule has 6 heteroatoms. The summed E-state index contributed by atoms with van der Waals surface area (Å²) in [5.74, 6) is 0.139. The Morgan fingerprint density at radius 2 is 1.64 bits per heavy atom. The number of carbonyl (C=O) groups is 1. The van der Waals surface area contributed by atoms with Crippen LogP contribution < -0.4 is 5.32 Å². The number of amides is 1. The van der Waals surface area contributed by atoms with Crippen LogP contribution in [0.4, 0.5) is 0 Å². The molecule has 0 spiro atoms. The number of carbonyl (C=O) groups excluding carboxylic acids is 1. The van der Waals surface area contributed by atoms with Crippen molar-refractivity contribution in [3.8, 4) is 0 Å². The van der Waals surface area contributed by atoms with E-state index in [1.165, 1.54) is 0 Å². The topological polar surface area (TPSA) is 66.5 Å². The van der Waals surface area contributed by atoms with Crippen molar-refractivity contribution in [3.05, 3.63) is 65.7 Å². The normalized spacial score (nSPS) is 16.5. The van der Waals surface area contributed by atoms with Crippen LogP contribution in [0.1, 0.15) is 49.7 Å². The van der Waals surface area contributed by atoms with Gasteiger partial charge in [0.15, 0.2) is 0 Å². The second kappa shape index (κ2) is 9.34. The van der Waals surface area contributed by atoms with E-state index in [-0.39, 0.29) is 11.8 Å². The number of benzene rings is 2. The van der Waals surface area contributed by atoms with Crippen molar-refractivity contribution in [3.63, 3.8) is 0 Å². The summed E-state index contributed by atoms with van der Waals surface area (Å²) < 4.78 is 26.9. The van der Waals surface area contributed by atoms with Gasteiger partial charge in [-0.25, -0.2) is 8.42 Å². The van der Waals surface area contributed by atoms with Crippen molar-refractivity contribution in [2.24, 2.45) is 0 Å². The van der Waals surface area contributed by atoms with Crippen LogP contribution in [-0.2, 0) is 21.4 Å². The molecule has 28 heavy (non-hydrogen) atoms. The predicted molar refractivity (Wildman–Crippen MR) is 110 cm³/mol. The first-order valence-electron chi connectivity index (χ1n) is 9.87. The molecule has 1 N–H and O–H groups in total. The molecule has 1 heterocycles. The minimum Gasteiger partial charge on any atom is -0.352 e. The molecule has 2 aromatic rings. The molecule has 1 aliphatic rings. The lowest BCUT2D eigenvalue weighted by Gasteiger charge is -2.25. The molecular weight excluding hydrogens is 372 g/mol. The molecule has 3 rings (SSSR count). The van der Waals surface area contributed by atoms with Crippen LogP contribution in [-0.4, -0.2) is 31.7 Å². The fourth-order valence-corrected chi connectivity index (χ4v) is 5.00. The van der Waals surface area contributed by atoms with Gasteiger partial charge in [-0.3, -0.25) is 4.79 Å². The summed E-state index contributed by atoms with van der Waals surface area (Å²) in [6.45, 7) is 3.62. The largest absolute Gasteiger partial charge is 0.352 e. The Morgan fingerprint density at radius 1 is 1.00 bits per heavy atom. The van der Waals surface area contributed by atoms with Crippen LogP contribution in [0.3, 0.4) is 0 Å². The number of nitrogens with one attached hydrogen (secondary N) is 1. The van der Waals surface area contributed by atoms with Crippen LogP contribution in [0.25, 0.3) is 0 Å². The first-order chi connectivity index (χ1) is 13.5. The zero-order chi connectivity index (χ0) is 20.0. The van der Waals surface area contributed by atoms with E-state index in [0.29, 0.717) is 31.0 Å². The van der Waals surface area contributed by atoms with E-state index in [0.717, 1.165) is 30.4 Å². The molecule has 0 saturated carbocycles. The van der Waals surface area contributed by atoms with E-state index in [9.17, 15) is 13.2 Å². The van der Waals surface area contributed by atoms with Gasteiger partial charge in [-0.05, 0) is 42.0 Å². The van der Waals surface area contributed by atoms with Crippen molar-refractivity contribution in [1.82, 2.24) is 9.62 Å². The molecule has 1 amide bonds. The van der Waals surface area contributed by atoms with Crippen LogP contribution in [0, 0.1) is 0 Å². The molecule has 1 unspecified atom stereocenters. The van der Waals surface area contributed by atoms with Gasteiger partial charge in [0, 0.05) is 26.1 Å². The van der Waals surface area contributed by atoms with Crippen molar-refractivity contribution in [2.75, 3.05) is 13.1 Å². The second-order valence-corrected chi connectivity index (χ2v) is 9.34. The molecule has 0 aliphatic carbocycles. The maximum atomic E-state index is 12.7. The molecule has 150 valence electrons. The van der Waals surface area contributed by atoms with Crippen LogP contribution >= 0.6 is 0 Å². The van der Waals surface area contributed by atoms with Crippen molar-refractivity contribution < 1.29 is 13.2 Å². The molecule has 0 bridgehead atoms. The van der Waals surface area contributed by atoms with Crippen molar-refractivity contribution in [2.45, 2.75) is 50.0 Å². The average Bonchev–Trinajstić information content (AvgIpc) is 2.74. The zero-order valence-corrected chi connectivity index (χ0v) is 17.1. The number of piperidine rings is 1. The Kier molecular flexibility index (Phi) is 6.86. The third kappa shape index (κ3) is 5.20. The van der Waals surface area contributed by atoms with Crippen molar-refractivity contribution >= 4 is 15.9 Å². The van der Waals surface area contributed by atoms with E-state index in [2.05, 4.69) is 5.32 Å². The lowest BCUT2D eigenvalue weighted by atomic mass is 9.97. The summed E-state index contributed by atoms with van der Waals surface area (Å²) in [6.07, 6.45) is 3.36. The van der Waals surface area contributed by atoms with Gasteiger partial charge in [-0.2, -0.15) is 4.31 Å². The predicted octanol–water partition coefficient (Wildman–Crippen LogP) is 3.67. The highest BCUT2D eigenvalue weighted by molar-refractivity contribution is 7.89. The average molecular weight is 401 g/mol. The molecule has 0 radical (unpaired) electrons. The van der Waals surface area contributed by atoms with Gasteiger partial charge in [0.2, 0.25) is 15.9 Å². The van der Waals surface area contributed by atoms with Crippen LogP contribution in [0.15, 0.2) is 59.5 Å². The molecular formula is C22H28N2O3S. The Balaban J connectivity index is 1.53. The first-order valence-corrected chi connectivity index (χ1v) is 11.3. The number of sulfonamides is 1. The van der Waals surface area contributed by atoms with E-state index in [1.807, 2.05) is 37.3 Å². The van der Waals surface area contributed by atoms with E-state index < -0.39 is 10.0 Å². The number of hydrogen-bond donors (Lipinski definition) is 1. The van der Waals surface area contributed by atoms with Gasteiger partial charge in [-0.15, -0.1) is 0 Å². The number of rotatable bonds is 7. The minimum atomic E-state index is -3.41. The third-order valence-corrected chi connectivity index (χ3v) is 7.14. The second-order valence-electron chi connectivity index (χ2n) is 7.40. The lowest BCUT2D eigenvalue weighted by molar-refractivity contribution is -0.121. The summed E-state index contributed by atoms with van der Waals surface area (Å²) in [6, 6.07) is 16.8. The number of nitrogens with zero attached hydrogens (tertiary/aromatic N) is 1. The number of hydrogen-bond acceptors (Lipinski definition) is 3. The maximum Gasteiger partial charge on any atom is 0.243 e. The Labute approximate surface area is 167 Å². The highest BCUT2D eigenvalue weighted by atomic mass is 32.2. The van der Waals surface area contributed by atoms with Gasteiger partial charge >= 0.3 is 0 Å². The first kappa shape index (κ1) is 20.6. The van der Waals surface area contributed by atoms with Crippen LogP contribution in [0.5, 0.6) is 0 Å². The smallest absolute Gasteiger partial charge is 0.243 e. The van der Waals surface area contributed by atoms with Gasteiger partial charge in [0.05, 0.1) is 4.90 Å². The quantitative estimate of drug-likeness (QED) is 0.771. The van der Waals surface area contributed by atoms with E-state index in [4.69, 9.17) is 0 Å². The van der Waals surface area contributed by atoms with Crippen molar-refractivity contribution in [1.29, 1.82) is 0 Å². The highest BCUT2D eigenvalue weighted by Crippen LogP contribution is 2.21. The fraction of sp³-hybridized carbons (Fsp3) is 0.409. The van der Waals surface area contributed by atoms with Crippen LogP contribution in [0.2, 0.25) is 0 Å². The van der Waals surface area contributed by atoms with Gasteiger partial charge in [0.1, 0.15) is 0 Å². The molecule has 2 aromatic carbocycles. The highest BCUT2D eigenvalue weighted by Gasteiger charge is 2.25. The molecule has 1 fully saturated rings. The van der Waals surface area contributed by atoms with Gasteiger partial charge in [-0.1, -0.05) is 55.8 Å². The third-order valence-electron chi connectivity index (χ3n) is 5.23. The molecule has 1 atom stereocenters. The summed E-state index contributed by atoms with van der Waals surface area (Å²) in [4.78, 5) is 12.5. The Hall–Kier alpha value is -2.18. The summed E-state index contributed by atoms with van der Waals surface area (Å²) >= 11 is 0.